The van der Waals surface area contributed by atoms with Crippen molar-refractivity contribution in [1.82, 2.24) is 5.32 Å². The SMILES string of the molecule is CCC(NC(=O)c1cccc(OC)c1N)C1CCCCC1. The summed E-state index contributed by atoms with van der Waals surface area (Å²) in [6.07, 6.45) is 7.26. The number of carbonyl (C=O) groups is 1. The molecule has 4 heteroatoms. The zero-order valence-electron chi connectivity index (χ0n) is 13.0. The molecular formula is C17H26N2O2. The van der Waals surface area contributed by atoms with Gasteiger partial charge in [0.1, 0.15) is 5.75 Å². The molecule has 0 heterocycles. The molecule has 0 radical (unpaired) electrons. The lowest BCUT2D eigenvalue weighted by atomic mass is 9.83. The predicted molar refractivity (Wildman–Crippen MR) is 85.5 cm³/mol. The second-order valence-electron chi connectivity index (χ2n) is 5.81. The Balaban J connectivity index is 2.08. The van der Waals surface area contributed by atoms with Crippen LogP contribution < -0.4 is 15.8 Å². The molecule has 116 valence electrons. The lowest BCUT2D eigenvalue weighted by molar-refractivity contribution is 0.0912. The van der Waals surface area contributed by atoms with Gasteiger partial charge in [-0.1, -0.05) is 32.3 Å². The van der Waals surface area contributed by atoms with Crippen LogP contribution in [0.25, 0.3) is 0 Å². The first-order valence-corrected chi connectivity index (χ1v) is 7.90. The number of nitrogens with two attached hydrogens (primary N) is 1. The number of hydrogen-bond donors (Lipinski definition) is 2. The normalized spacial score (nSPS) is 17.2. The molecule has 0 spiro atoms. The molecule has 0 aromatic heterocycles. The molecule has 1 aliphatic carbocycles. The maximum Gasteiger partial charge on any atom is 0.253 e. The van der Waals surface area contributed by atoms with Gasteiger partial charge in [0.05, 0.1) is 18.4 Å². The standard InChI is InChI=1S/C17H26N2O2/c1-3-14(12-8-5-4-6-9-12)19-17(20)13-10-7-11-15(21-2)16(13)18/h7,10-12,14H,3-6,8-9,18H2,1-2H3,(H,19,20). The molecule has 1 aliphatic rings. The van der Waals surface area contributed by atoms with Gasteiger partial charge in [-0.2, -0.15) is 0 Å². The summed E-state index contributed by atoms with van der Waals surface area (Å²) < 4.78 is 5.18. The molecule has 1 unspecified atom stereocenters. The van der Waals surface area contributed by atoms with E-state index in [9.17, 15) is 4.79 Å². The van der Waals surface area contributed by atoms with E-state index >= 15 is 0 Å². The fourth-order valence-corrected chi connectivity index (χ4v) is 3.26. The van der Waals surface area contributed by atoms with Crippen LogP contribution in [0.4, 0.5) is 5.69 Å². The van der Waals surface area contributed by atoms with Gasteiger partial charge in [-0.25, -0.2) is 0 Å². The fourth-order valence-electron chi connectivity index (χ4n) is 3.26. The number of amides is 1. The summed E-state index contributed by atoms with van der Waals surface area (Å²) in [6, 6.07) is 5.56. The molecular weight excluding hydrogens is 264 g/mol. The maximum absolute atomic E-state index is 12.5. The fraction of sp³-hybridized carbons (Fsp3) is 0.588. The van der Waals surface area contributed by atoms with Crippen LogP contribution in [-0.2, 0) is 0 Å². The molecule has 0 aliphatic heterocycles. The number of nitrogen functional groups attached to an aromatic ring is 1. The lowest BCUT2D eigenvalue weighted by Crippen LogP contribution is -2.40. The minimum absolute atomic E-state index is 0.0937. The molecule has 0 saturated heterocycles. The minimum atomic E-state index is -0.0937. The van der Waals surface area contributed by atoms with Crippen molar-refractivity contribution >= 4 is 11.6 Å². The van der Waals surface area contributed by atoms with Crippen molar-refractivity contribution < 1.29 is 9.53 Å². The van der Waals surface area contributed by atoms with Gasteiger partial charge in [-0.3, -0.25) is 4.79 Å². The van der Waals surface area contributed by atoms with E-state index in [0.29, 0.717) is 22.9 Å². The Bertz CT molecular complexity index is 482. The average Bonchev–Trinajstić information content (AvgIpc) is 2.53. The monoisotopic (exact) mass is 290 g/mol. The quantitative estimate of drug-likeness (QED) is 0.817. The third-order valence-electron chi connectivity index (χ3n) is 4.51. The first-order chi connectivity index (χ1) is 10.2. The zero-order valence-corrected chi connectivity index (χ0v) is 13.0. The summed E-state index contributed by atoms with van der Waals surface area (Å²) in [5, 5.41) is 3.17. The van der Waals surface area contributed by atoms with E-state index < -0.39 is 0 Å². The summed E-state index contributed by atoms with van der Waals surface area (Å²) in [6.45, 7) is 2.13. The van der Waals surface area contributed by atoms with Crippen LogP contribution in [0, 0.1) is 5.92 Å². The summed E-state index contributed by atoms with van der Waals surface area (Å²) in [4.78, 5) is 12.5. The predicted octanol–water partition coefficient (Wildman–Crippen LogP) is 3.37. The van der Waals surface area contributed by atoms with Crippen molar-refractivity contribution in [2.75, 3.05) is 12.8 Å². The second kappa shape index (κ2) is 7.34. The molecule has 1 aromatic carbocycles. The van der Waals surface area contributed by atoms with Gasteiger partial charge in [0.2, 0.25) is 0 Å². The zero-order chi connectivity index (χ0) is 15.2. The first-order valence-electron chi connectivity index (χ1n) is 7.90. The highest BCUT2D eigenvalue weighted by Gasteiger charge is 2.25. The van der Waals surface area contributed by atoms with Crippen LogP contribution in [0.15, 0.2) is 18.2 Å². The summed E-state index contributed by atoms with van der Waals surface area (Å²) in [7, 11) is 1.56. The van der Waals surface area contributed by atoms with Gasteiger partial charge in [0.15, 0.2) is 0 Å². The van der Waals surface area contributed by atoms with Crippen LogP contribution in [-0.4, -0.2) is 19.1 Å². The number of benzene rings is 1. The van der Waals surface area contributed by atoms with Crippen molar-refractivity contribution in [3.05, 3.63) is 23.8 Å². The number of nitrogens with one attached hydrogen (secondary N) is 1. The van der Waals surface area contributed by atoms with Crippen molar-refractivity contribution in [3.63, 3.8) is 0 Å². The Morgan fingerprint density at radius 2 is 2.10 bits per heavy atom. The van der Waals surface area contributed by atoms with Crippen LogP contribution in [0.1, 0.15) is 55.8 Å². The molecule has 1 atom stereocenters. The Hall–Kier alpha value is -1.71. The Morgan fingerprint density at radius 1 is 1.38 bits per heavy atom. The smallest absolute Gasteiger partial charge is 0.253 e. The van der Waals surface area contributed by atoms with Gasteiger partial charge in [-0.05, 0) is 37.3 Å². The van der Waals surface area contributed by atoms with E-state index in [4.69, 9.17) is 10.5 Å². The van der Waals surface area contributed by atoms with Gasteiger partial charge in [-0.15, -0.1) is 0 Å². The van der Waals surface area contributed by atoms with Crippen LogP contribution in [0.3, 0.4) is 0 Å². The second-order valence-corrected chi connectivity index (χ2v) is 5.81. The van der Waals surface area contributed by atoms with Gasteiger partial charge in [0.25, 0.3) is 5.91 Å². The van der Waals surface area contributed by atoms with E-state index in [1.54, 1.807) is 25.3 Å². The highest BCUT2D eigenvalue weighted by Crippen LogP contribution is 2.29. The summed E-state index contributed by atoms with van der Waals surface area (Å²) in [5.41, 5.74) is 6.92. The Morgan fingerprint density at radius 3 is 2.71 bits per heavy atom. The van der Waals surface area contributed by atoms with E-state index in [0.717, 1.165) is 6.42 Å². The molecule has 21 heavy (non-hydrogen) atoms. The largest absolute Gasteiger partial charge is 0.495 e. The number of anilines is 1. The number of hydrogen-bond acceptors (Lipinski definition) is 3. The van der Waals surface area contributed by atoms with Crippen molar-refractivity contribution in [2.45, 2.75) is 51.5 Å². The van der Waals surface area contributed by atoms with E-state index in [1.807, 2.05) is 0 Å². The van der Waals surface area contributed by atoms with Gasteiger partial charge >= 0.3 is 0 Å². The molecule has 1 saturated carbocycles. The highest BCUT2D eigenvalue weighted by molar-refractivity contribution is 6.00. The molecule has 2 rings (SSSR count). The van der Waals surface area contributed by atoms with Crippen LogP contribution in [0.2, 0.25) is 0 Å². The van der Waals surface area contributed by atoms with Crippen molar-refractivity contribution in [1.29, 1.82) is 0 Å². The van der Waals surface area contributed by atoms with Crippen LogP contribution in [0.5, 0.6) is 5.75 Å². The lowest BCUT2D eigenvalue weighted by Gasteiger charge is -2.30. The first kappa shape index (κ1) is 15.7. The number of carbonyl (C=O) groups excluding carboxylic acids is 1. The molecule has 1 amide bonds. The molecule has 1 aromatic rings. The number of methoxy groups -OCH3 is 1. The topological polar surface area (TPSA) is 64.3 Å². The summed E-state index contributed by atoms with van der Waals surface area (Å²) >= 11 is 0. The van der Waals surface area contributed by atoms with E-state index in [2.05, 4.69) is 12.2 Å². The molecule has 3 N–H and O–H groups in total. The third-order valence-corrected chi connectivity index (χ3v) is 4.51. The Labute approximate surface area is 127 Å². The molecule has 1 fully saturated rings. The Kier molecular flexibility index (Phi) is 5.48. The summed E-state index contributed by atoms with van der Waals surface area (Å²) in [5.74, 6) is 1.05. The van der Waals surface area contributed by atoms with Gasteiger partial charge < -0.3 is 15.8 Å². The number of rotatable bonds is 5. The van der Waals surface area contributed by atoms with Crippen LogP contribution >= 0.6 is 0 Å². The van der Waals surface area contributed by atoms with E-state index in [1.165, 1.54) is 32.1 Å². The van der Waals surface area contributed by atoms with Crippen molar-refractivity contribution in [2.24, 2.45) is 5.92 Å². The van der Waals surface area contributed by atoms with E-state index in [-0.39, 0.29) is 11.9 Å². The average molecular weight is 290 g/mol. The van der Waals surface area contributed by atoms with Gasteiger partial charge in [0, 0.05) is 6.04 Å². The molecule has 0 bridgehead atoms. The minimum Gasteiger partial charge on any atom is -0.495 e. The number of para-hydroxylation sites is 1. The maximum atomic E-state index is 12.5. The van der Waals surface area contributed by atoms with Crippen molar-refractivity contribution in [3.8, 4) is 5.75 Å². The highest BCUT2D eigenvalue weighted by atomic mass is 16.5. The molecule has 4 nitrogen and oxygen atoms in total. The third kappa shape index (κ3) is 3.69. The number of ether oxygens (including phenoxy) is 1.